The van der Waals surface area contributed by atoms with Crippen LogP contribution in [0, 0.1) is 6.92 Å². The molecule has 0 radical (unpaired) electrons. The van der Waals surface area contributed by atoms with Gasteiger partial charge in [-0.3, -0.25) is 0 Å². The van der Waals surface area contributed by atoms with Gasteiger partial charge in [0, 0.05) is 21.3 Å². The molecule has 0 amide bonds. The zero-order valence-electron chi connectivity index (χ0n) is 11.1. The molecular formula is C13H20O4. The third kappa shape index (κ3) is 3.19. The van der Waals surface area contributed by atoms with Crippen LogP contribution in [0.15, 0.2) is 18.2 Å². The Balaban J connectivity index is 2.90. The largest absolute Gasteiger partial charge is 0.496 e. The molecule has 4 heteroatoms. The molecule has 0 spiro atoms. The minimum atomic E-state index is -1.03. The maximum absolute atomic E-state index is 5.26. The van der Waals surface area contributed by atoms with E-state index >= 15 is 0 Å². The standard InChI is InChI=1S/C13H20O4/c1-10-8-11(6-7-12(10)14-2)9-13(15-3,16-4)17-5/h6-8H,9H2,1-5H3. The molecule has 1 rings (SSSR count). The average molecular weight is 240 g/mol. The summed E-state index contributed by atoms with van der Waals surface area (Å²) in [6.45, 7) is 2.00. The van der Waals surface area contributed by atoms with E-state index in [-0.39, 0.29) is 0 Å². The van der Waals surface area contributed by atoms with E-state index in [4.69, 9.17) is 18.9 Å². The molecule has 0 saturated carbocycles. The van der Waals surface area contributed by atoms with E-state index in [0.29, 0.717) is 6.42 Å². The lowest BCUT2D eigenvalue weighted by Gasteiger charge is -2.28. The molecule has 0 heterocycles. The highest BCUT2D eigenvalue weighted by Gasteiger charge is 2.29. The van der Waals surface area contributed by atoms with Gasteiger partial charge in [0.15, 0.2) is 0 Å². The van der Waals surface area contributed by atoms with Gasteiger partial charge in [-0.1, -0.05) is 12.1 Å². The summed E-state index contributed by atoms with van der Waals surface area (Å²) in [4.78, 5) is 0. The molecular weight excluding hydrogens is 220 g/mol. The van der Waals surface area contributed by atoms with Crippen LogP contribution >= 0.6 is 0 Å². The van der Waals surface area contributed by atoms with Crippen LogP contribution in [-0.4, -0.2) is 34.4 Å². The van der Waals surface area contributed by atoms with Crippen LogP contribution < -0.4 is 4.74 Å². The molecule has 0 bridgehead atoms. The first kappa shape index (κ1) is 14.0. The Hall–Kier alpha value is -1.10. The van der Waals surface area contributed by atoms with Crippen LogP contribution in [0.2, 0.25) is 0 Å². The number of aryl methyl sites for hydroxylation is 1. The third-order valence-electron chi connectivity index (χ3n) is 2.81. The van der Waals surface area contributed by atoms with Crippen molar-refractivity contribution in [2.24, 2.45) is 0 Å². The van der Waals surface area contributed by atoms with Gasteiger partial charge in [0.2, 0.25) is 0 Å². The van der Waals surface area contributed by atoms with Crippen molar-refractivity contribution >= 4 is 0 Å². The van der Waals surface area contributed by atoms with Crippen molar-refractivity contribution in [1.82, 2.24) is 0 Å². The number of benzene rings is 1. The van der Waals surface area contributed by atoms with Crippen molar-refractivity contribution in [2.75, 3.05) is 28.4 Å². The summed E-state index contributed by atoms with van der Waals surface area (Å²) in [5.74, 6) is -0.160. The van der Waals surface area contributed by atoms with Crippen molar-refractivity contribution in [2.45, 2.75) is 19.3 Å². The molecule has 0 aliphatic rings. The molecule has 0 aliphatic heterocycles. The van der Waals surface area contributed by atoms with Crippen LogP contribution in [0.25, 0.3) is 0 Å². The predicted octanol–water partition coefficient (Wildman–Crippen LogP) is 2.14. The van der Waals surface area contributed by atoms with Gasteiger partial charge < -0.3 is 18.9 Å². The fraction of sp³-hybridized carbons (Fsp3) is 0.538. The Bertz CT molecular complexity index is 350. The second-order valence-corrected chi connectivity index (χ2v) is 3.78. The molecule has 0 N–H and O–H groups in total. The Morgan fingerprint density at radius 3 is 2.00 bits per heavy atom. The Labute approximate surface area is 102 Å². The summed E-state index contributed by atoms with van der Waals surface area (Å²) in [5.41, 5.74) is 2.14. The van der Waals surface area contributed by atoms with Gasteiger partial charge in [-0.2, -0.15) is 0 Å². The molecule has 0 aromatic heterocycles. The Morgan fingerprint density at radius 1 is 1.00 bits per heavy atom. The molecule has 0 atom stereocenters. The first-order valence-corrected chi connectivity index (χ1v) is 5.39. The van der Waals surface area contributed by atoms with E-state index < -0.39 is 5.97 Å². The van der Waals surface area contributed by atoms with Gasteiger partial charge >= 0.3 is 0 Å². The summed E-state index contributed by atoms with van der Waals surface area (Å²) in [5, 5.41) is 0. The van der Waals surface area contributed by atoms with Crippen LogP contribution in [0.1, 0.15) is 11.1 Å². The van der Waals surface area contributed by atoms with E-state index in [1.807, 2.05) is 25.1 Å². The molecule has 0 aliphatic carbocycles. The predicted molar refractivity (Wildman–Crippen MR) is 65.2 cm³/mol. The Morgan fingerprint density at radius 2 is 1.59 bits per heavy atom. The van der Waals surface area contributed by atoms with Crippen molar-refractivity contribution in [3.8, 4) is 5.75 Å². The lowest BCUT2D eigenvalue weighted by Crippen LogP contribution is -2.38. The maximum atomic E-state index is 5.26. The number of ether oxygens (including phenoxy) is 4. The highest BCUT2D eigenvalue weighted by Crippen LogP contribution is 2.23. The highest BCUT2D eigenvalue weighted by atomic mass is 16.9. The highest BCUT2D eigenvalue weighted by molar-refractivity contribution is 5.36. The SMILES string of the molecule is COc1ccc(CC(OC)(OC)OC)cc1C. The van der Waals surface area contributed by atoms with Crippen molar-refractivity contribution in [3.63, 3.8) is 0 Å². The molecule has 1 aromatic rings. The summed E-state index contributed by atoms with van der Waals surface area (Å²) in [7, 11) is 6.34. The third-order valence-corrected chi connectivity index (χ3v) is 2.81. The van der Waals surface area contributed by atoms with Gasteiger partial charge in [-0.15, -0.1) is 0 Å². The summed E-state index contributed by atoms with van der Waals surface area (Å²) in [6, 6.07) is 5.93. The van der Waals surface area contributed by atoms with Gasteiger partial charge in [-0.25, -0.2) is 0 Å². The topological polar surface area (TPSA) is 36.9 Å². The quantitative estimate of drug-likeness (QED) is 0.714. The molecule has 1 aromatic carbocycles. The number of hydrogen-bond donors (Lipinski definition) is 0. The van der Waals surface area contributed by atoms with E-state index in [1.165, 1.54) is 0 Å². The fourth-order valence-corrected chi connectivity index (χ4v) is 1.77. The number of hydrogen-bond acceptors (Lipinski definition) is 4. The van der Waals surface area contributed by atoms with Crippen molar-refractivity contribution in [3.05, 3.63) is 29.3 Å². The van der Waals surface area contributed by atoms with Crippen molar-refractivity contribution in [1.29, 1.82) is 0 Å². The van der Waals surface area contributed by atoms with Crippen LogP contribution in [-0.2, 0) is 20.6 Å². The van der Waals surface area contributed by atoms with E-state index in [0.717, 1.165) is 16.9 Å². The zero-order chi connectivity index (χ0) is 12.9. The second-order valence-electron chi connectivity index (χ2n) is 3.78. The summed E-state index contributed by atoms with van der Waals surface area (Å²) < 4.78 is 21.0. The fourth-order valence-electron chi connectivity index (χ4n) is 1.77. The minimum absolute atomic E-state index is 0.515. The maximum Gasteiger partial charge on any atom is 0.286 e. The van der Waals surface area contributed by atoms with Gasteiger partial charge in [0.1, 0.15) is 5.75 Å². The van der Waals surface area contributed by atoms with E-state index in [9.17, 15) is 0 Å². The lowest BCUT2D eigenvalue weighted by atomic mass is 10.1. The molecule has 0 fully saturated rings. The molecule has 4 nitrogen and oxygen atoms in total. The number of rotatable bonds is 6. The lowest BCUT2D eigenvalue weighted by molar-refractivity contribution is -0.350. The van der Waals surface area contributed by atoms with E-state index in [2.05, 4.69) is 0 Å². The van der Waals surface area contributed by atoms with Gasteiger partial charge in [0.25, 0.3) is 5.97 Å². The molecule has 0 saturated heterocycles. The summed E-state index contributed by atoms with van der Waals surface area (Å²) >= 11 is 0. The second kappa shape index (κ2) is 6.00. The minimum Gasteiger partial charge on any atom is -0.496 e. The van der Waals surface area contributed by atoms with Crippen LogP contribution in [0.4, 0.5) is 0 Å². The summed E-state index contributed by atoms with van der Waals surface area (Å²) in [6.07, 6.45) is 0.515. The zero-order valence-corrected chi connectivity index (χ0v) is 11.1. The molecule has 0 unspecified atom stereocenters. The smallest absolute Gasteiger partial charge is 0.286 e. The van der Waals surface area contributed by atoms with Crippen LogP contribution in [0.3, 0.4) is 0 Å². The van der Waals surface area contributed by atoms with E-state index in [1.54, 1.807) is 28.4 Å². The number of methoxy groups -OCH3 is 4. The first-order valence-electron chi connectivity index (χ1n) is 5.39. The molecule has 17 heavy (non-hydrogen) atoms. The normalized spacial score (nSPS) is 11.6. The molecule has 96 valence electrons. The Kier molecular flexibility index (Phi) is 4.93. The van der Waals surface area contributed by atoms with Crippen LogP contribution in [0.5, 0.6) is 5.75 Å². The first-order chi connectivity index (χ1) is 8.10. The monoisotopic (exact) mass is 240 g/mol. The average Bonchev–Trinajstić information content (AvgIpc) is 2.36. The van der Waals surface area contributed by atoms with Gasteiger partial charge in [-0.05, 0) is 24.1 Å². The van der Waals surface area contributed by atoms with Gasteiger partial charge in [0.05, 0.1) is 13.5 Å². The van der Waals surface area contributed by atoms with Crippen molar-refractivity contribution < 1.29 is 18.9 Å².